The molecule has 1 aromatic carbocycles. The van der Waals surface area contributed by atoms with Crippen LogP contribution in [-0.2, 0) is 9.59 Å². The normalized spacial score (nSPS) is 14.0. The maximum Gasteiger partial charge on any atom is 0.227 e. The lowest BCUT2D eigenvalue weighted by atomic mass is 10.2. The number of benzene rings is 1. The molecule has 1 saturated carbocycles. The summed E-state index contributed by atoms with van der Waals surface area (Å²) in [4.78, 5) is 23.2. The number of carbonyl (C=O) groups excluding carboxylic acids is 2. The van der Waals surface area contributed by atoms with Crippen molar-refractivity contribution in [2.75, 3.05) is 17.2 Å². The summed E-state index contributed by atoms with van der Waals surface area (Å²) in [6.07, 6.45) is 1.90. The molecule has 0 aliphatic heterocycles. The van der Waals surface area contributed by atoms with Crippen molar-refractivity contribution < 1.29 is 14.0 Å². The van der Waals surface area contributed by atoms with Crippen LogP contribution in [0.5, 0.6) is 0 Å². The van der Waals surface area contributed by atoms with Gasteiger partial charge in [-0.2, -0.15) is 0 Å². The first-order valence-corrected chi connectivity index (χ1v) is 6.20. The van der Waals surface area contributed by atoms with Gasteiger partial charge in [0.15, 0.2) is 0 Å². The van der Waals surface area contributed by atoms with E-state index in [0.29, 0.717) is 5.69 Å². The molecule has 5 nitrogen and oxygen atoms in total. The third kappa shape index (κ3) is 3.75. The van der Waals surface area contributed by atoms with Crippen LogP contribution in [0.2, 0.25) is 0 Å². The van der Waals surface area contributed by atoms with Gasteiger partial charge < -0.3 is 16.4 Å². The van der Waals surface area contributed by atoms with Gasteiger partial charge in [-0.25, -0.2) is 4.39 Å². The summed E-state index contributed by atoms with van der Waals surface area (Å²) in [5.41, 5.74) is 5.94. The molecular formula is C13H16FN3O2. The Kier molecular flexibility index (Phi) is 4.11. The van der Waals surface area contributed by atoms with Crippen LogP contribution >= 0.6 is 0 Å². The van der Waals surface area contributed by atoms with Gasteiger partial charge in [-0.05, 0) is 31.0 Å². The summed E-state index contributed by atoms with van der Waals surface area (Å²) in [5, 5.41) is 5.24. The van der Waals surface area contributed by atoms with E-state index >= 15 is 0 Å². The number of nitrogens with one attached hydrogen (secondary N) is 2. The molecule has 1 fully saturated rings. The molecule has 0 saturated heterocycles. The second-order valence-corrected chi connectivity index (χ2v) is 4.54. The van der Waals surface area contributed by atoms with E-state index in [2.05, 4.69) is 10.6 Å². The van der Waals surface area contributed by atoms with E-state index < -0.39 is 5.82 Å². The molecule has 2 amide bonds. The number of rotatable bonds is 5. The molecule has 0 unspecified atom stereocenters. The number of hydrogen-bond donors (Lipinski definition) is 3. The standard InChI is InChI=1S/C13H16FN3O2/c14-9-3-4-10(17-13(19)8-1-2-8)11(7-9)16-12(18)5-6-15/h3-4,7-8H,1-2,5-6,15H2,(H,16,18)(H,17,19). The molecule has 0 radical (unpaired) electrons. The number of halogens is 1. The molecule has 1 aliphatic rings. The van der Waals surface area contributed by atoms with Crippen LogP contribution in [-0.4, -0.2) is 18.4 Å². The van der Waals surface area contributed by atoms with Gasteiger partial charge in [-0.15, -0.1) is 0 Å². The average molecular weight is 265 g/mol. The molecule has 2 rings (SSSR count). The van der Waals surface area contributed by atoms with Gasteiger partial charge in [-0.1, -0.05) is 0 Å². The largest absolute Gasteiger partial charge is 0.330 e. The number of anilines is 2. The predicted octanol–water partition coefficient (Wildman–Crippen LogP) is 1.46. The Hall–Kier alpha value is -1.95. The molecule has 19 heavy (non-hydrogen) atoms. The highest BCUT2D eigenvalue weighted by Crippen LogP contribution is 2.31. The molecular weight excluding hydrogens is 249 g/mol. The average Bonchev–Trinajstić information content (AvgIpc) is 3.16. The van der Waals surface area contributed by atoms with E-state index in [1.807, 2.05) is 0 Å². The van der Waals surface area contributed by atoms with E-state index in [0.717, 1.165) is 12.8 Å². The minimum atomic E-state index is -0.479. The van der Waals surface area contributed by atoms with Crippen molar-refractivity contribution >= 4 is 23.2 Å². The lowest BCUT2D eigenvalue weighted by Gasteiger charge is -2.12. The number of carbonyl (C=O) groups is 2. The summed E-state index contributed by atoms with van der Waals surface area (Å²) < 4.78 is 13.2. The van der Waals surface area contributed by atoms with Crippen LogP contribution in [0.25, 0.3) is 0 Å². The van der Waals surface area contributed by atoms with Gasteiger partial charge >= 0.3 is 0 Å². The van der Waals surface area contributed by atoms with Crippen molar-refractivity contribution in [3.05, 3.63) is 24.0 Å². The van der Waals surface area contributed by atoms with E-state index in [1.165, 1.54) is 18.2 Å². The van der Waals surface area contributed by atoms with Crippen molar-refractivity contribution in [1.29, 1.82) is 0 Å². The lowest BCUT2D eigenvalue weighted by Crippen LogP contribution is -2.19. The highest BCUT2D eigenvalue weighted by molar-refractivity contribution is 6.00. The fourth-order valence-corrected chi connectivity index (χ4v) is 1.65. The second-order valence-electron chi connectivity index (χ2n) is 4.54. The molecule has 0 aromatic heterocycles. The Morgan fingerprint density at radius 1 is 1.26 bits per heavy atom. The van der Waals surface area contributed by atoms with Crippen molar-refractivity contribution in [1.82, 2.24) is 0 Å². The Morgan fingerprint density at radius 3 is 2.63 bits per heavy atom. The third-order valence-corrected chi connectivity index (χ3v) is 2.83. The lowest BCUT2D eigenvalue weighted by molar-refractivity contribution is -0.117. The Balaban J connectivity index is 2.12. The Morgan fingerprint density at radius 2 is 2.00 bits per heavy atom. The van der Waals surface area contributed by atoms with Gasteiger partial charge in [0.25, 0.3) is 0 Å². The van der Waals surface area contributed by atoms with Gasteiger partial charge in [0, 0.05) is 18.9 Å². The van der Waals surface area contributed by atoms with Crippen molar-refractivity contribution in [3.63, 3.8) is 0 Å². The van der Waals surface area contributed by atoms with Gasteiger partial charge in [0.2, 0.25) is 11.8 Å². The minimum Gasteiger partial charge on any atom is -0.330 e. The molecule has 1 aromatic rings. The SMILES string of the molecule is NCCC(=O)Nc1cc(F)ccc1NC(=O)C1CC1. The van der Waals surface area contributed by atoms with Gasteiger partial charge in [0.05, 0.1) is 11.4 Å². The fourth-order valence-electron chi connectivity index (χ4n) is 1.65. The third-order valence-electron chi connectivity index (χ3n) is 2.83. The highest BCUT2D eigenvalue weighted by Gasteiger charge is 2.30. The zero-order valence-corrected chi connectivity index (χ0v) is 10.4. The van der Waals surface area contributed by atoms with E-state index in [-0.39, 0.29) is 36.4 Å². The van der Waals surface area contributed by atoms with E-state index in [1.54, 1.807) is 0 Å². The molecule has 6 heteroatoms. The monoisotopic (exact) mass is 265 g/mol. The van der Waals surface area contributed by atoms with Crippen LogP contribution in [0.4, 0.5) is 15.8 Å². The topological polar surface area (TPSA) is 84.2 Å². The first kappa shape index (κ1) is 13.5. The van der Waals surface area contributed by atoms with Crippen LogP contribution in [0.3, 0.4) is 0 Å². The van der Waals surface area contributed by atoms with Crippen molar-refractivity contribution in [2.45, 2.75) is 19.3 Å². The van der Waals surface area contributed by atoms with Crippen LogP contribution in [0, 0.1) is 11.7 Å². The first-order chi connectivity index (χ1) is 9.10. The number of amides is 2. The molecule has 4 N–H and O–H groups in total. The van der Waals surface area contributed by atoms with Crippen LogP contribution < -0.4 is 16.4 Å². The second kappa shape index (κ2) is 5.79. The molecule has 0 atom stereocenters. The summed E-state index contributed by atoms with van der Waals surface area (Å²) in [6, 6.07) is 3.85. The predicted molar refractivity (Wildman–Crippen MR) is 70.1 cm³/mol. The summed E-state index contributed by atoms with van der Waals surface area (Å²) in [5.74, 6) is -0.846. The number of nitrogens with two attached hydrogens (primary N) is 1. The molecule has 0 spiro atoms. The van der Waals surface area contributed by atoms with E-state index in [4.69, 9.17) is 5.73 Å². The van der Waals surface area contributed by atoms with Crippen LogP contribution in [0.15, 0.2) is 18.2 Å². The summed E-state index contributed by atoms with van der Waals surface area (Å²) >= 11 is 0. The number of hydrogen-bond acceptors (Lipinski definition) is 3. The summed E-state index contributed by atoms with van der Waals surface area (Å²) in [7, 11) is 0. The Bertz CT molecular complexity index is 501. The quantitative estimate of drug-likeness (QED) is 0.753. The molecule has 1 aliphatic carbocycles. The van der Waals surface area contributed by atoms with Gasteiger partial charge in [0.1, 0.15) is 5.82 Å². The maximum absolute atomic E-state index is 13.2. The van der Waals surface area contributed by atoms with E-state index in [9.17, 15) is 14.0 Å². The van der Waals surface area contributed by atoms with Crippen molar-refractivity contribution in [2.24, 2.45) is 11.7 Å². The zero-order valence-electron chi connectivity index (χ0n) is 10.4. The van der Waals surface area contributed by atoms with Crippen LogP contribution in [0.1, 0.15) is 19.3 Å². The minimum absolute atomic E-state index is 0.0395. The Labute approximate surface area is 110 Å². The van der Waals surface area contributed by atoms with Crippen molar-refractivity contribution in [3.8, 4) is 0 Å². The van der Waals surface area contributed by atoms with Gasteiger partial charge in [-0.3, -0.25) is 9.59 Å². The fraction of sp³-hybridized carbons (Fsp3) is 0.385. The molecule has 102 valence electrons. The molecule has 0 heterocycles. The summed E-state index contributed by atoms with van der Waals surface area (Å²) in [6.45, 7) is 0.213. The zero-order chi connectivity index (χ0) is 13.8. The smallest absolute Gasteiger partial charge is 0.227 e. The maximum atomic E-state index is 13.2. The molecule has 0 bridgehead atoms. The first-order valence-electron chi connectivity index (χ1n) is 6.20. The highest BCUT2D eigenvalue weighted by atomic mass is 19.1.